The zero-order chi connectivity index (χ0) is 13.1. The van der Waals surface area contributed by atoms with Gasteiger partial charge in [-0.1, -0.05) is 18.2 Å². The summed E-state index contributed by atoms with van der Waals surface area (Å²) >= 11 is 0. The maximum Gasteiger partial charge on any atom is 0.261 e. The Morgan fingerprint density at radius 2 is 1.89 bits per heavy atom. The van der Waals surface area contributed by atoms with Gasteiger partial charge in [0, 0.05) is 12.2 Å². The molecule has 0 unspecified atom stereocenters. The van der Waals surface area contributed by atoms with E-state index in [1.54, 1.807) is 11.0 Å². The molecule has 2 aromatic rings. The highest BCUT2D eigenvalue weighted by Crippen LogP contribution is 2.26. The largest absolute Gasteiger partial charge is 0.472 e. The van der Waals surface area contributed by atoms with E-state index in [1.165, 1.54) is 12.5 Å². The molecule has 0 atom stereocenters. The average molecular weight is 243 g/mol. The topological polar surface area (TPSA) is 33.5 Å². The molecule has 1 aromatic carbocycles. The van der Waals surface area contributed by atoms with Crippen molar-refractivity contribution in [3.05, 3.63) is 53.5 Å². The molecule has 0 saturated heterocycles. The van der Waals surface area contributed by atoms with Crippen molar-refractivity contribution in [1.29, 1.82) is 0 Å². The molecule has 18 heavy (non-hydrogen) atoms. The van der Waals surface area contributed by atoms with E-state index in [9.17, 15) is 4.79 Å². The second-order valence-electron chi connectivity index (χ2n) is 4.30. The number of carbonyl (C=O) groups excluding carboxylic acids is 1. The van der Waals surface area contributed by atoms with Crippen LogP contribution in [0.3, 0.4) is 0 Å². The van der Waals surface area contributed by atoms with Crippen LogP contribution in [0.25, 0.3) is 0 Å². The van der Waals surface area contributed by atoms with Gasteiger partial charge in [0.05, 0.1) is 11.8 Å². The molecule has 1 heterocycles. The Labute approximate surface area is 107 Å². The number of amides is 1. The lowest BCUT2D eigenvalue weighted by atomic mass is 10.1. The number of hydrogen-bond donors (Lipinski definition) is 0. The van der Waals surface area contributed by atoms with Gasteiger partial charge in [0.1, 0.15) is 6.26 Å². The van der Waals surface area contributed by atoms with E-state index in [4.69, 9.17) is 4.42 Å². The summed E-state index contributed by atoms with van der Waals surface area (Å²) in [5.41, 5.74) is 3.79. The van der Waals surface area contributed by atoms with Crippen LogP contribution in [0.15, 0.2) is 41.2 Å². The fourth-order valence-electron chi connectivity index (χ4n) is 2.18. The van der Waals surface area contributed by atoms with Crippen LogP contribution in [0.4, 0.5) is 5.69 Å². The van der Waals surface area contributed by atoms with Crippen molar-refractivity contribution < 1.29 is 9.21 Å². The summed E-state index contributed by atoms with van der Waals surface area (Å²) in [6.45, 7) is 6.65. The Kier molecular flexibility index (Phi) is 3.51. The molecule has 3 heteroatoms. The number of anilines is 1. The predicted octanol–water partition coefficient (Wildman–Crippen LogP) is 3.56. The first kappa shape index (κ1) is 12.4. The second kappa shape index (κ2) is 5.08. The highest BCUT2D eigenvalue weighted by Gasteiger charge is 2.19. The van der Waals surface area contributed by atoms with Gasteiger partial charge < -0.3 is 9.32 Å². The summed E-state index contributed by atoms with van der Waals surface area (Å²) in [7, 11) is 0. The smallest absolute Gasteiger partial charge is 0.261 e. The first-order valence-corrected chi connectivity index (χ1v) is 6.05. The van der Waals surface area contributed by atoms with Gasteiger partial charge in [-0.3, -0.25) is 4.79 Å². The molecular formula is C15H17NO2. The molecular weight excluding hydrogens is 226 g/mol. The maximum atomic E-state index is 12.4. The highest BCUT2D eigenvalue weighted by molar-refractivity contribution is 6.06. The van der Waals surface area contributed by atoms with Crippen molar-refractivity contribution in [1.82, 2.24) is 0 Å². The Balaban J connectivity index is 2.43. The molecule has 0 aliphatic carbocycles. The number of nitrogens with zero attached hydrogens (tertiary/aromatic N) is 1. The molecule has 0 fully saturated rings. The summed E-state index contributed by atoms with van der Waals surface area (Å²) in [6, 6.07) is 7.74. The number of aryl methyl sites for hydroxylation is 2. The van der Waals surface area contributed by atoms with Crippen molar-refractivity contribution in [2.24, 2.45) is 0 Å². The lowest BCUT2D eigenvalue weighted by molar-refractivity contribution is 0.0987. The number of hydrogen-bond acceptors (Lipinski definition) is 2. The average Bonchev–Trinajstić information content (AvgIpc) is 2.87. The first-order valence-electron chi connectivity index (χ1n) is 6.05. The molecule has 1 amide bonds. The van der Waals surface area contributed by atoms with Crippen LogP contribution < -0.4 is 4.90 Å². The Bertz CT molecular complexity index is 523. The monoisotopic (exact) mass is 243 g/mol. The van der Waals surface area contributed by atoms with Crippen LogP contribution in [0.2, 0.25) is 0 Å². The third-order valence-corrected chi connectivity index (χ3v) is 3.04. The second-order valence-corrected chi connectivity index (χ2v) is 4.30. The van der Waals surface area contributed by atoms with E-state index >= 15 is 0 Å². The van der Waals surface area contributed by atoms with Crippen molar-refractivity contribution in [3.63, 3.8) is 0 Å². The van der Waals surface area contributed by atoms with Gasteiger partial charge in [0.25, 0.3) is 5.91 Å². The summed E-state index contributed by atoms with van der Waals surface area (Å²) < 4.78 is 4.98. The molecule has 0 spiro atoms. The lowest BCUT2D eigenvalue weighted by Crippen LogP contribution is -2.31. The molecule has 0 aliphatic heterocycles. The molecule has 0 bridgehead atoms. The molecule has 0 saturated carbocycles. The fourth-order valence-corrected chi connectivity index (χ4v) is 2.18. The third kappa shape index (κ3) is 2.16. The predicted molar refractivity (Wildman–Crippen MR) is 72.0 cm³/mol. The zero-order valence-electron chi connectivity index (χ0n) is 10.9. The number of benzene rings is 1. The van der Waals surface area contributed by atoms with Crippen molar-refractivity contribution in [2.75, 3.05) is 11.4 Å². The van der Waals surface area contributed by atoms with E-state index in [1.807, 2.05) is 39.0 Å². The molecule has 94 valence electrons. The van der Waals surface area contributed by atoms with Crippen molar-refractivity contribution in [2.45, 2.75) is 20.8 Å². The van der Waals surface area contributed by atoms with Crippen molar-refractivity contribution in [3.8, 4) is 0 Å². The normalized spacial score (nSPS) is 10.4. The Hall–Kier alpha value is -2.03. The van der Waals surface area contributed by atoms with Gasteiger partial charge in [-0.2, -0.15) is 0 Å². The molecule has 3 nitrogen and oxygen atoms in total. The van der Waals surface area contributed by atoms with Crippen LogP contribution in [0.1, 0.15) is 28.4 Å². The Morgan fingerprint density at radius 3 is 2.39 bits per heavy atom. The minimum atomic E-state index is -0.0244. The number of carbonyl (C=O) groups is 1. The van der Waals surface area contributed by atoms with Gasteiger partial charge in [0.2, 0.25) is 0 Å². The molecule has 1 aromatic heterocycles. The third-order valence-electron chi connectivity index (χ3n) is 3.04. The van der Waals surface area contributed by atoms with Crippen LogP contribution >= 0.6 is 0 Å². The summed E-state index contributed by atoms with van der Waals surface area (Å²) in [6.07, 6.45) is 3.00. The van der Waals surface area contributed by atoms with E-state index in [2.05, 4.69) is 0 Å². The van der Waals surface area contributed by atoms with E-state index in [0.717, 1.165) is 16.8 Å². The summed E-state index contributed by atoms with van der Waals surface area (Å²) in [5.74, 6) is -0.0244. The van der Waals surface area contributed by atoms with Crippen molar-refractivity contribution >= 4 is 11.6 Å². The van der Waals surface area contributed by atoms with Crippen LogP contribution in [-0.4, -0.2) is 12.5 Å². The van der Waals surface area contributed by atoms with Crippen LogP contribution in [-0.2, 0) is 0 Å². The SMILES string of the molecule is CCN(C(=O)c1ccoc1)c1c(C)cccc1C. The van der Waals surface area contributed by atoms with Gasteiger partial charge in [-0.15, -0.1) is 0 Å². The highest BCUT2D eigenvalue weighted by atomic mass is 16.3. The van der Waals surface area contributed by atoms with E-state index in [0.29, 0.717) is 12.1 Å². The maximum absolute atomic E-state index is 12.4. The first-order chi connectivity index (χ1) is 8.65. The number of rotatable bonds is 3. The summed E-state index contributed by atoms with van der Waals surface area (Å²) in [5, 5.41) is 0. The minimum Gasteiger partial charge on any atom is -0.472 e. The molecule has 0 aliphatic rings. The van der Waals surface area contributed by atoms with Gasteiger partial charge in [-0.05, 0) is 38.0 Å². The minimum absolute atomic E-state index is 0.0244. The van der Waals surface area contributed by atoms with Crippen LogP contribution in [0, 0.1) is 13.8 Å². The summed E-state index contributed by atoms with van der Waals surface area (Å²) in [4.78, 5) is 14.2. The molecule has 0 N–H and O–H groups in total. The lowest BCUT2D eigenvalue weighted by Gasteiger charge is -2.24. The Morgan fingerprint density at radius 1 is 1.22 bits per heavy atom. The zero-order valence-corrected chi connectivity index (χ0v) is 10.9. The van der Waals surface area contributed by atoms with Gasteiger partial charge in [-0.25, -0.2) is 0 Å². The van der Waals surface area contributed by atoms with Gasteiger partial charge in [0.15, 0.2) is 0 Å². The molecule has 0 radical (unpaired) electrons. The number of furan rings is 1. The van der Waals surface area contributed by atoms with E-state index < -0.39 is 0 Å². The van der Waals surface area contributed by atoms with E-state index in [-0.39, 0.29) is 5.91 Å². The fraction of sp³-hybridized carbons (Fsp3) is 0.267. The van der Waals surface area contributed by atoms with Crippen LogP contribution in [0.5, 0.6) is 0 Å². The molecule has 2 rings (SSSR count). The van der Waals surface area contributed by atoms with Gasteiger partial charge >= 0.3 is 0 Å². The number of para-hydroxylation sites is 1. The standard InChI is InChI=1S/C15H17NO2/c1-4-16(15(17)13-8-9-18-10-13)14-11(2)6-5-7-12(14)3/h5-10H,4H2,1-3H3. The quantitative estimate of drug-likeness (QED) is 0.825.